The summed E-state index contributed by atoms with van der Waals surface area (Å²) in [5.74, 6) is -2.34. The van der Waals surface area contributed by atoms with Gasteiger partial charge in [-0.2, -0.15) is 0 Å². The lowest BCUT2D eigenvalue weighted by Crippen LogP contribution is -2.28. The Balaban J connectivity index is 2.42. The number of aliphatic carboxylic acids is 1. The van der Waals surface area contributed by atoms with Gasteiger partial charge >= 0.3 is 5.97 Å². The number of carboxylic acids is 1. The van der Waals surface area contributed by atoms with Crippen molar-refractivity contribution in [2.75, 3.05) is 18.1 Å². The predicted molar refractivity (Wildman–Crippen MR) is 85.2 cm³/mol. The second kappa shape index (κ2) is 9.68. The largest absolute Gasteiger partial charge is 0.481 e. The van der Waals surface area contributed by atoms with Crippen LogP contribution >= 0.6 is 21.6 Å². The molecule has 1 rings (SSSR count). The molecule has 2 N–H and O–H groups in total. The molecule has 0 aliphatic rings. The van der Waals surface area contributed by atoms with Crippen molar-refractivity contribution in [3.8, 4) is 0 Å². The maximum Gasteiger partial charge on any atom is 0.304 e. The molecule has 1 aromatic rings. The average molecular weight is 349 g/mol. The van der Waals surface area contributed by atoms with E-state index >= 15 is 0 Å². The van der Waals surface area contributed by atoms with Gasteiger partial charge in [-0.1, -0.05) is 34.6 Å². The van der Waals surface area contributed by atoms with Crippen LogP contribution < -0.4 is 5.32 Å². The van der Waals surface area contributed by atoms with Gasteiger partial charge < -0.3 is 10.4 Å². The van der Waals surface area contributed by atoms with Crippen molar-refractivity contribution in [2.24, 2.45) is 0 Å². The highest BCUT2D eigenvalue weighted by atomic mass is 33.1. The van der Waals surface area contributed by atoms with Crippen LogP contribution in [0.15, 0.2) is 12.1 Å². The van der Waals surface area contributed by atoms with Gasteiger partial charge in [0.2, 0.25) is 0 Å². The van der Waals surface area contributed by atoms with Crippen molar-refractivity contribution in [3.05, 3.63) is 34.9 Å². The van der Waals surface area contributed by atoms with E-state index < -0.39 is 29.1 Å². The van der Waals surface area contributed by atoms with Crippen molar-refractivity contribution in [2.45, 2.75) is 19.8 Å². The smallest absolute Gasteiger partial charge is 0.304 e. The molecule has 0 spiro atoms. The number of benzene rings is 1. The molecule has 0 unspecified atom stereocenters. The second-order valence-corrected chi connectivity index (χ2v) is 6.99. The first-order valence-corrected chi connectivity index (χ1v) is 9.17. The van der Waals surface area contributed by atoms with Crippen molar-refractivity contribution in [3.63, 3.8) is 0 Å². The normalized spacial score (nSPS) is 10.5. The number of nitrogens with one attached hydrogen (secondary N) is 1. The minimum Gasteiger partial charge on any atom is -0.481 e. The number of carbonyl (C=O) groups is 2. The number of hydrogen-bond donors (Lipinski definition) is 2. The number of amides is 1. The summed E-state index contributed by atoms with van der Waals surface area (Å²) in [6.45, 7) is 1.97. The van der Waals surface area contributed by atoms with Crippen LogP contribution in [-0.2, 0) is 11.2 Å². The van der Waals surface area contributed by atoms with Crippen molar-refractivity contribution in [1.82, 2.24) is 5.32 Å². The van der Waals surface area contributed by atoms with Crippen molar-refractivity contribution in [1.29, 1.82) is 0 Å². The highest BCUT2D eigenvalue weighted by Gasteiger charge is 2.19. The molecule has 0 aromatic heterocycles. The molecule has 0 saturated heterocycles. The summed E-state index contributed by atoms with van der Waals surface area (Å²) in [6.07, 6.45) is 0.451. The molecule has 0 saturated carbocycles. The molecule has 0 atom stereocenters. The molecule has 4 nitrogen and oxygen atoms in total. The van der Waals surface area contributed by atoms with E-state index in [1.54, 1.807) is 6.92 Å². The Morgan fingerprint density at radius 3 is 2.55 bits per heavy atom. The van der Waals surface area contributed by atoms with Crippen LogP contribution in [0.2, 0.25) is 0 Å². The summed E-state index contributed by atoms with van der Waals surface area (Å²) in [6, 6.07) is 2.42. The van der Waals surface area contributed by atoms with Gasteiger partial charge in [-0.3, -0.25) is 9.59 Å². The third-order valence-electron chi connectivity index (χ3n) is 2.73. The van der Waals surface area contributed by atoms with Crippen LogP contribution in [0.4, 0.5) is 8.78 Å². The minimum atomic E-state index is -0.879. The van der Waals surface area contributed by atoms with Gasteiger partial charge in [-0.05, 0) is 18.1 Å². The van der Waals surface area contributed by atoms with Gasteiger partial charge in [0.05, 0.1) is 6.42 Å². The Hall–Kier alpha value is -1.28. The van der Waals surface area contributed by atoms with Crippen LogP contribution in [0.1, 0.15) is 29.3 Å². The molecular formula is C14H17F2NO3S2. The minimum absolute atomic E-state index is 0.0737. The Bertz CT molecular complexity index is 541. The number of carboxylic acid groups (broad SMARTS) is 1. The Morgan fingerprint density at radius 2 is 1.91 bits per heavy atom. The van der Waals surface area contributed by atoms with Crippen LogP contribution in [-0.4, -0.2) is 35.0 Å². The second-order valence-electron chi connectivity index (χ2n) is 4.29. The molecule has 0 bridgehead atoms. The Kier molecular flexibility index (Phi) is 8.26. The maximum atomic E-state index is 14.0. The summed E-state index contributed by atoms with van der Waals surface area (Å²) in [4.78, 5) is 22.1. The van der Waals surface area contributed by atoms with Gasteiger partial charge in [0, 0.05) is 18.1 Å². The summed E-state index contributed by atoms with van der Waals surface area (Å²) >= 11 is 0. The lowest BCUT2D eigenvalue weighted by Gasteiger charge is -2.09. The van der Waals surface area contributed by atoms with E-state index in [1.165, 1.54) is 27.7 Å². The number of rotatable bonds is 9. The molecule has 0 radical (unpaired) electrons. The van der Waals surface area contributed by atoms with Gasteiger partial charge in [0.25, 0.3) is 5.91 Å². The summed E-state index contributed by atoms with van der Waals surface area (Å²) < 4.78 is 27.6. The van der Waals surface area contributed by atoms with Gasteiger partial charge in [0.1, 0.15) is 17.2 Å². The van der Waals surface area contributed by atoms with E-state index in [-0.39, 0.29) is 13.0 Å². The molecule has 22 heavy (non-hydrogen) atoms. The fourth-order valence-electron chi connectivity index (χ4n) is 1.62. The topological polar surface area (TPSA) is 66.4 Å². The zero-order valence-corrected chi connectivity index (χ0v) is 13.7. The summed E-state index contributed by atoms with van der Waals surface area (Å²) in [7, 11) is 2.78. The lowest BCUT2D eigenvalue weighted by atomic mass is 10.1. The number of hydrogen-bond acceptors (Lipinski definition) is 4. The predicted octanol–water partition coefficient (Wildman–Crippen LogP) is 3.11. The van der Waals surface area contributed by atoms with Gasteiger partial charge in [0.15, 0.2) is 0 Å². The van der Waals surface area contributed by atoms with E-state index in [0.717, 1.165) is 6.07 Å². The van der Waals surface area contributed by atoms with E-state index in [4.69, 9.17) is 5.11 Å². The standard InChI is InChI=1S/C14H17F2NO3S2/c1-2-9-3-4-10(15)12(13(9)16)14(20)17-6-8-22-21-7-5-11(18)19/h3-4H,2,5-8H2,1H3,(H,17,20)(H,18,19). The molecule has 0 heterocycles. The Labute approximate surface area is 135 Å². The third kappa shape index (κ3) is 5.84. The van der Waals surface area contributed by atoms with E-state index in [2.05, 4.69) is 5.32 Å². The van der Waals surface area contributed by atoms with E-state index in [9.17, 15) is 18.4 Å². The fourth-order valence-corrected chi connectivity index (χ4v) is 3.50. The zero-order valence-electron chi connectivity index (χ0n) is 12.0. The Morgan fingerprint density at radius 1 is 1.23 bits per heavy atom. The van der Waals surface area contributed by atoms with Crippen LogP contribution in [0, 0.1) is 11.6 Å². The first-order chi connectivity index (χ1) is 10.5. The molecule has 0 aliphatic carbocycles. The van der Waals surface area contributed by atoms with Crippen LogP contribution in [0.25, 0.3) is 0 Å². The average Bonchev–Trinajstić information content (AvgIpc) is 2.46. The SMILES string of the molecule is CCc1ccc(F)c(C(=O)NCCSSCCC(=O)O)c1F. The maximum absolute atomic E-state index is 14.0. The highest BCUT2D eigenvalue weighted by molar-refractivity contribution is 8.76. The molecule has 8 heteroatoms. The number of carbonyl (C=O) groups excluding carboxylic acids is 1. The number of aryl methyl sites for hydroxylation is 1. The highest BCUT2D eigenvalue weighted by Crippen LogP contribution is 2.21. The summed E-state index contributed by atoms with van der Waals surface area (Å²) in [5, 5.41) is 10.9. The lowest BCUT2D eigenvalue weighted by molar-refractivity contribution is -0.136. The molecular weight excluding hydrogens is 332 g/mol. The first kappa shape index (κ1) is 18.8. The molecule has 1 aromatic carbocycles. The molecule has 0 fully saturated rings. The van der Waals surface area contributed by atoms with Crippen LogP contribution in [0.5, 0.6) is 0 Å². The van der Waals surface area contributed by atoms with E-state index in [1.807, 2.05) is 0 Å². The quantitative estimate of drug-likeness (QED) is 0.530. The van der Waals surface area contributed by atoms with Crippen LogP contribution in [0.3, 0.4) is 0 Å². The van der Waals surface area contributed by atoms with Crippen molar-refractivity contribution >= 4 is 33.5 Å². The van der Waals surface area contributed by atoms with Gasteiger partial charge in [-0.15, -0.1) is 0 Å². The number of halogens is 2. The first-order valence-electron chi connectivity index (χ1n) is 6.68. The monoisotopic (exact) mass is 349 g/mol. The van der Waals surface area contributed by atoms with Crippen molar-refractivity contribution < 1.29 is 23.5 Å². The molecule has 1 amide bonds. The molecule has 122 valence electrons. The fraction of sp³-hybridized carbons (Fsp3) is 0.429. The zero-order chi connectivity index (χ0) is 16.5. The third-order valence-corrected chi connectivity index (χ3v) is 5.14. The molecule has 0 aliphatic heterocycles. The summed E-state index contributed by atoms with van der Waals surface area (Å²) in [5.41, 5.74) is -0.256. The van der Waals surface area contributed by atoms with E-state index in [0.29, 0.717) is 23.5 Å². The van der Waals surface area contributed by atoms with Gasteiger partial charge in [-0.25, -0.2) is 8.78 Å².